The Morgan fingerprint density at radius 1 is 1.26 bits per heavy atom. The topological polar surface area (TPSA) is 32.9 Å². The molecule has 3 aromatic rings. The van der Waals surface area contributed by atoms with Gasteiger partial charge in [-0.05, 0) is 19.1 Å². The zero-order valence-corrected chi connectivity index (χ0v) is 12.3. The van der Waals surface area contributed by atoms with E-state index in [1.165, 1.54) is 11.3 Å². The lowest BCUT2D eigenvalue weighted by Gasteiger charge is -1.99. The summed E-state index contributed by atoms with van der Waals surface area (Å²) in [5, 5.41) is 0.906. The van der Waals surface area contributed by atoms with Crippen LogP contribution in [0.5, 0.6) is 0 Å². The Morgan fingerprint density at radius 2 is 2.00 bits per heavy atom. The third-order valence-corrected chi connectivity index (χ3v) is 4.51. The van der Waals surface area contributed by atoms with Gasteiger partial charge in [-0.1, -0.05) is 41.4 Å². The van der Waals surface area contributed by atoms with Gasteiger partial charge in [0.05, 0.1) is 15.5 Å². The van der Waals surface area contributed by atoms with E-state index in [2.05, 4.69) is 4.98 Å². The number of carbonyl (C=O) groups is 1. The van der Waals surface area contributed by atoms with Crippen molar-refractivity contribution < 1.29 is 4.79 Å². The van der Waals surface area contributed by atoms with Gasteiger partial charge in [0.2, 0.25) is 0 Å². The molecule has 2 aromatic heterocycles. The maximum absolute atomic E-state index is 12.6. The van der Waals surface area contributed by atoms with Crippen LogP contribution in [-0.4, -0.2) is 10.8 Å². The summed E-state index contributed by atoms with van der Waals surface area (Å²) in [6.07, 6.45) is 0. The number of fused-ring (bicyclic) bond motifs is 1. The zero-order chi connectivity index (χ0) is 13.6. The molecule has 0 radical (unpaired) electrons. The normalized spacial score (nSPS) is 11.1. The van der Waals surface area contributed by atoms with Gasteiger partial charge in [-0.25, -0.2) is 0 Å². The number of rotatable bonds is 2. The number of aryl methyl sites for hydroxylation is 1. The molecule has 0 saturated carbocycles. The van der Waals surface area contributed by atoms with Crippen LogP contribution < -0.4 is 0 Å². The van der Waals surface area contributed by atoms with E-state index in [9.17, 15) is 4.79 Å². The van der Waals surface area contributed by atoms with E-state index in [0.717, 1.165) is 16.6 Å². The number of hydrogen-bond acceptors (Lipinski definition) is 2. The van der Waals surface area contributed by atoms with Crippen LogP contribution in [0.2, 0.25) is 8.67 Å². The van der Waals surface area contributed by atoms with Crippen LogP contribution in [0, 0.1) is 6.92 Å². The first kappa shape index (κ1) is 12.7. The molecular weight excluding hydrogens is 301 g/mol. The number of carbonyl (C=O) groups excluding carboxylic acids is 1. The summed E-state index contributed by atoms with van der Waals surface area (Å²) in [5.74, 6) is -0.0944. The molecular formula is C14H9Cl2NOS. The van der Waals surface area contributed by atoms with Crippen LogP contribution >= 0.6 is 34.5 Å². The molecule has 5 heteroatoms. The number of aromatic amines is 1. The lowest BCUT2D eigenvalue weighted by Crippen LogP contribution is -2.01. The minimum Gasteiger partial charge on any atom is -0.358 e. The van der Waals surface area contributed by atoms with E-state index >= 15 is 0 Å². The minimum absolute atomic E-state index is 0.0944. The molecule has 0 atom stereocenters. The highest BCUT2D eigenvalue weighted by molar-refractivity contribution is 7.20. The predicted molar refractivity (Wildman–Crippen MR) is 80.8 cm³/mol. The van der Waals surface area contributed by atoms with Gasteiger partial charge < -0.3 is 4.98 Å². The van der Waals surface area contributed by atoms with Gasteiger partial charge in [0.1, 0.15) is 4.34 Å². The Labute approximate surface area is 124 Å². The third kappa shape index (κ3) is 2.08. The van der Waals surface area contributed by atoms with E-state index < -0.39 is 0 Å². The quantitative estimate of drug-likeness (QED) is 0.658. The second-order valence-corrected chi connectivity index (χ2v) is 6.52. The van der Waals surface area contributed by atoms with Crippen LogP contribution in [0.15, 0.2) is 30.3 Å². The highest BCUT2D eigenvalue weighted by Crippen LogP contribution is 2.34. The Hall–Kier alpha value is -1.29. The van der Waals surface area contributed by atoms with Gasteiger partial charge in [-0.15, -0.1) is 11.3 Å². The first-order valence-corrected chi connectivity index (χ1v) is 7.22. The Morgan fingerprint density at radius 3 is 2.68 bits per heavy atom. The fourth-order valence-electron chi connectivity index (χ4n) is 2.20. The summed E-state index contributed by atoms with van der Waals surface area (Å²) in [6, 6.07) is 9.34. The number of thiophene rings is 1. The van der Waals surface area contributed by atoms with E-state index in [1.54, 1.807) is 6.07 Å². The molecule has 2 nitrogen and oxygen atoms in total. The molecule has 0 fully saturated rings. The van der Waals surface area contributed by atoms with E-state index in [0.29, 0.717) is 19.8 Å². The van der Waals surface area contributed by atoms with Crippen molar-refractivity contribution in [1.29, 1.82) is 0 Å². The van der Waals surface area contributed by atoms with Crippen molar-refractivity contribution in [3.05, 3.63) is 55.8 Å². The molecule has 0 spiro atoms. The molecule has 3 rings (SSSR count). The van der Waals surface area contributed by atoms with Gasteiger partial charge in [0.25, 0.3) is 0 Å². The second kappa shape index (κ2) is 4.67. The largest absolute Gasteiger partial charge is 0.358 e. The fourth-order valence-corrected chi connectivity index (χ4v) is 3.66. The highest BCUT2D eigenvalue weighted by atomic mass is 35.5. The van der Waals surface area contributed by atoms with E-state index in [4.69, 9.17) is 23.2 Å². The molecule has 0 amide bonds. The van der Waals surface area contributed by atoms with Crippen molar-refractivity contribution in [2.45, 2.75) is 6.92 Å². The molecule has 0 aliphatic carbocycles. The summed E-state index contributed by atoms with van der Waals surface area (Å²) >= 11 is 13.2. The van der Waals surface area contributed by atoms with Crippen LogP contribution in [0.4, 0.5) is 0 Å². The van der Waals surface area contributed by atoms with Crippen molar-refractivity contribution in [2.24, 2.45) is 0 Å². The van der Waals surface area contributed by atoms with Gasteiger partial charge in [0.15, 0.2) is 5.78 Å². The summed E-state index contributed by atoms with van der Waals surface area (Å²) in [7, 11) is 0. The summed E-state index contributed by atoms with van der Waals surface area (Å²) in [4.78, 5) is 15.8. The fraction of sp³-hybridized carbons (Fsp3) is 0.0714. The molecule has 0 aliphatic heterocycles. The molecule has 0 unspecified atom stereocenters. The predicted octanol–water partition coefficient (Wildman–Crippen LogP) is 5.08. The molecule has 19 heavy (non-hydrogen) atoms. The maximum Gasteiger partial charge on any atom is 0.197 e. The number of halogens is 2. The number of nitrogens with one attached hydrogen (secondary N) is 1. The second-order valence-electron chi connectivity index (χ2n) is 4.24. The third-order valence-electron chi connectivity index (χ3n) is 3.02. The van der Waals surface area contributed by atoms with E-state index in [1.807, 2.05) is 31.2 Å². The smallest absolute Gasteiger partial charge is 0.197 e. The number of H-pyrrole nitrogens is 1. The molecule has 1 N–H and O–H groups in total. The SMILES string of the molecule is Cc1[nH]c2ccccc2c1C(=O)c1cc(Cl)sc1Cl. The molecule has 2 heterocycles. The highest BCUT2D eigenvalue weighted by Gasteiger charge is 2.21. The molecule has 1 aromatic carbocycles. The van der Waals surface area contributed by atoms with Crippen molar-refractivity contribution in [3.8, 4) is 0 Å². The van der Waals surface area contributed by atoms with Gasteiger partial charge in [-0.2, -0.15) is 0 Å². The van der Waals surface area contributed by atoms with Crippen molar-refractivity contribution in [3.63, 3.8) is 0 Å². The number of hydrogen-bond donors (Lipinski definition) is 1. The zero-order valence-electron chi connectivity index (χ0n) is 9.96. The lowest BCUT2D eigenvalue weighted by atomic mass is 10.0. The van der Waals surface area contributed by atoms with Crippen molar-refractivity contribution in [2.75, 3.05) is 0 Å². The lowest BCUT2D eigenvalue weighted by molar-refractivity contribution is 0.104. The van der Waals surface area contributed by atoms with Crippen LogP contribution in [0.25, 0.3) is 10.9 Å². The Balaban J connectivity index is 2.22. The van der Waals surface area contributed by atoms with E-state index in [-0.39, 0.29) is 5.78 Å². The summed E-state index contributed by atoms with van der Waals surface area (Å²) in [5.41, 5.74) is 2.90. The van der Waals surface area contributed by atoms with Crippen molar-refractivity contribution >= 4 is 51.2 Å². The monoisotopic (exact) mass is 309 g/mol. The molecule has 96 valence electrons. The first-order valence-electron chi connectivity index (χ1n) is 5.65. The number of aromatic nitrogens is 1. The average molecular weight is 310 g/mol. The van der Waals surface area contributed by atoms with Gasteiger partial charge >= 0.3 is 0 Å². The van der Waals surface area contributed by atoms with Crippen LogP contribution in [0.3, 0.4) is 0 Å². The number of ketones is 1. The Kier molecular flexibility index (Phi) is 3.13. The number of para-hydroxylation sites is 1. The molecule has 0 aliphatic rings. The van der Waals surface area contributed by atoms with Crippen LogP contribution in [0.1, 0.15) is 21.6 Å². The van der Waals surface area contributed by atoms with Crippen molar-refractivity contribution in [1.82, 2.24) is 4.98 Å². The number of benzene rings is 1. The molecule has 0 saturated heterocycles. The summed E-state index contributed by atoms with van der Waals surface area (Å²) in [6.45, 7) is 1.88. The standard InChI is InChI=1S/C14H9Cl2NOS/c1-7-12(8-4-2-3-5-10(8)17-7)13(18)9-6-11(15)19-14(9)16/h2-6,17H,1H3. The van der Waals surface area contributed by atoms with Gasteiger partial charge in [-0.3, -0.25) is 4.79 Å². The first-order chi connectivity index (χ1) is 9.08. The van der Waals surface area contributed by atoms with Gasteiger partial charge in [0, 0.05) is 16.6 Å². The Bertz CT molecular complexity index is 788. The minimum atomic E-state index is -0.0944. The average Bonchev–Trinajstić information content (AvgIpc) is 2.87. The van der Waals surface area contributed by atoms with Crippen LogP contribution in [-0.2, 0) is 0 Å². The molecule has 0 bridgehead atoms. The summed E-state index contributed by atoms with van der Waals surface area (Å²) < 4.78 is 0.950. The maximum atomic E-state index is 12.6.